The van der Waals surface area contributed by atoms with Crippen LogP contribution in [-0.4, -0.2) is 199 Å². The van der Waals surface area contributed by atoms with Crippen molar-refractivity contribution in [2.75, 3.05) is 65.9 Å². The lowest BCUT2D eigenvalue weighted by Gasteiger charge is -2.45. The topological polar surface area (TPSA) is 368 Å². The van der Waals surface area contributed by atoms with Crippen molar-refractivity contribution in [2.45, 2.75) is 182 Å². The number of carbonyl (C=O) groups excluding carboxylic acids is 11. The molecule has 14 atom stereocenters. The summed E-state index contributed by atoms with van der Waals surface area (Å²) < 4.78 is 73.5. The average molecular weight is 1240 g/mol. The van der Waals surface area contributed by atoms with E-state index in [0.717, 1.165) is 33.3 Å². The highest BCUT2D eigenvalue weighted by Crippen LogP contribution is 2.30. The highest BCUT2D eigenvalue weighted by atomic mass is 16.7. The minimum atomic E-state index is -1.26. The lowest BCUT2D eigenvalue weighted by atomic mass is 9.93. The number of amides is 5. The van der Waals surface area contributed by atoms with Crippen molar-refractivity contribution >= 4 is 65.5 Å². The van der Waals surface area contributed by atoms with Gasteiger partial charge in [0.05, 0.1) is 45.7 Å². The molecule has 3 rings (SSSR count). The van der Waals surface area contributed by atoms with E-state index in [0.29, 0.717) is 32.4 Å². The second-order valence-electron chi connectivity index (χ2n) is 21.3. The molecule has 87 heavy (non-hydrogen) atoms. The van der Waals surface area contributed by atoms with E-state index in [4.69, 9.17) is 61.6 Å². The number of nitrogens with one attached hydrogen (secondary N) is 5. The summed E-state index contributed by atoms with van der Waals surface area (Å²) in [7, 11) is 0. The Labute approximate surface area is 506 Å². The molecular formula is C58H89N5O24. The molecule has 2 saturated heterocycles. The van der Waals surface area contributed by atoms with Crippen LogP contribution in [0.4, 0.5) is 4.79 Å². The molecule has 0 spiro atoms. The maximum Gasteiger partial charge on any atom is 0.407 e. The molecule has 0 aliphatic carbocycles. The van der Waals surface area contributed by atoms with Gasteiger partial charge in [-0.25, -0.2) is 4.79 Å². The van der Waals surface area contributed by atoms with E-state index < -0.39 is 121 Å². The molecule has 2 heterocycles. The van der Waals surface area contributed by atoms with Crippen LogP contribution in [0.15, 0.2) is 30.3 Å². The molecule has 5 N–H and O–H groups in total. The normalized spacial score (nSPS) is 22.9. The number of rotatable bonds is 37. The monoisotopic (exact) mass is 1240 g/mol. The van der Waals surface area contributed by atoms with E-state index in [2.05, 4.69) is 26.6 Å². The van der Waals surface area contributed by atoms with Crippen molar-refractivity contribution < 1.29 is 114 Å². The van der Waals surface area contributed by atoms with Gasteiger partial charge in [0.1, 0.15) is 44.1 Å². The first-order valence-corrected chi connectivity index (χ1v) is 28.9. The van der Waals surface area contributed by atoms with Crippen molar-refractivity contribution in [1.29, 1.82) is 0 Å². The number of esters is 6. The van der Waals surface area contributed by atoms with Gasteiger partial charge < -0.3 is 88.2 Å². The van der Waals surface area contributed by atoms with E-state index in [1.54, 1.807) is 12.1 Å². The van der Waals surface area contributed by atoms with Crippen LogP contribution in [0.3, 0.4) is 0 Å². The second-order valence-corrected chi connectivity index (χ2v) is 21.3. The Morgan fingerprint density at radius 1 is 0.506 bits per heavy atom. The summed E-state index contributed by atoms with van der Waals surface area (Å²) in [5.41, 5.74) is 0.768. The van der Waals surface area contributed by atoms with Crippen LogP contribution in [0.5, 0.6) is 0 Å². The predicted molar refractivity (Wildman–Crippen MR) is 302 cm³/mol. The molecule has 1 aromatic rings. The van der Waals surface area contributed by atoms with E-state index in [1.807, 2.05) is 39.0 Å². The maximum atomic E-state index is 13.0. The van der Waals surface area contributed by atoms with Crippen LogP contribution >= 0.6 is 0 Å². The summed E-state index contributed by atoms with van der Waals surface area (Å²) in [6.07, 6.45) is -8.96. The lowest BCUT2D eigenvalue weighted by molar-refractivity contribution is -0.278. The Morgan fingerprint density at radius 2 is 0.954 bits per heavy atom. The molecule has 0 aromatic heterocycles. The number of alkyl carbamates (subject to hydrolysis) is 1. The molecule has 2 aliphatic heterocycles. The van der Waals surface area contributed by atoms with Crippen molar-refractivity contribution in [1.82, 2.24) is 26.6 Å². The fraction of sp³-hybridized carbons (Fsp3) is 0.707. The molecule has 490 valence electrons. The minimum absolute atomic E-state index is 0.00174. The third-order valence-electron chi connectivity index (χ3n) is 13.6. The zero-order valence-corrected chi connectivity index (χ0v) is 51.6. The molecule has 8 unspecified atom stereocenters. The number of benzene rings is 1. The largest absolute Gasteiger partial charge is 0.463 e. The quantitative estimate of drug-likeness (QED) is 0.0360. The van der Waals surface area contributed by atoms with Crippen molar-refractivity contribution in [3.8, 4) is 0 Å². The van der Waals surface area contributed by atoms with E-state index in [1.165, 1.54) is 27.7 Å². The summed E-state index contributed by atoms with van der Waals surface area (Å²) in [5.74, 6) is -5.86. The third-order valence-corrected chi connectivity index (χ3v) is 13.6. The third kappa shape index (κ3) is 29.9. The highest BCUT2D eigenvalue weighted by Gasteiger charge is 2.53. The first-order chi connectivity index (χ1) is 41.2. The van der Waals surface area contributed by atoms with Gasteiger partial charge in [-0.2, -0.15) is 0 Å². The first-order valence-electron chi connectivity index (χ1n) is 28.9. The van der Waals surface area contributed by atoms with Crippen molar-refractivity contribution in [2.24, 2.45) is 17.8 Å². The molecule has 2 fully saturated rings. The van der Waals surface area contributed by atoms with E-state index in [-0.39, 0.29) is 102 Å². The number of carbonyl (C=O) groups is 11. The van der Waals surface area contributed by atoms with Gasteiger partial charge in [0.2, 0.25) is 23.6 Å². The van der Waals surface area contributed by atoms with Crippen molar-refractivity contribution in [3.63, 3.8) is 0 Å². The lowest BCUT2D eigenvalue weighted by Crippen LogP contribution is -2.66. The fourth-order valence-electron chi connectivity index (χ4n) is 9.01. The Hall–Kier alpha value is -7.05. The van der Waals surface area contributed by atoms with Crippen LogP contribution in [-0.2, 0) is 116 Å². The molecule has 0 radical (unpaired) electrons. The van der Waals surface area contributed by atoms with Gasteiger partial charge in [-0.15, -0.1) is 0 Å². The molecular weight excluding hydrogens is 1150 g/mol. The molecule has 29 nitrogen and oxygen atoms in total. The summed E-state index contributed by atoms with van der Waals surface area (Å²) in [4.78, 5) is 135. The summed E-state index contributed by atoms with van der Waals surface area (Å²) in [5, 5.41) is 13.8. The molecule has 1 aromatic carbocycles. The summed E-state index contributed by atoms with van der Waals surface area (Å²) in [6, 6.07) is 6.11. The van der Waals surface area contributed by atoms with Crippen LogP contribution in [0, 0.1) is 17.8 Å². The van der Waals surface area contributed by atoms with Gasteiger partial charge in [0.25, 0.3) is 0 Å². The summed E-state index contributed by atoms with van der Waals surface area (Å²) in [6.45, 7) is 15.2. The molecule has 2 aliphatic rings. The Bertz CT molecular complexity index is 2380. The molecule has 29 heteroatoms. The van der Waals surface area contributed by atoms with Crippen molar-refractivity contribution in [3.05, 3.63) is 35.9 Å². The highest BCUT2D eigenvalue weighted by molar-refractivity contribution is 5.77. The summed E-state index contributed by atoms with van der Waals surface area (Å²) >= 11 is 0. The van der Waals surface area contributed by atoms with E-state index >= 15 is 0 Å². The second kappa shape index (κ2) is 39.7. The van der Waals surface area contributed by atoms with Gasteiger partial charge in [-0.3, -0.25) is 47.9 Å². The standard InChI is InChI=1S/C58H89N5O24/c1-33(18-25-77-56-50(61-36(4)64)54(84-42(10)70)52(82-40(8)68)46(86-56)31-79-38(6)66)17-22-59-48(72)20-23-75-29-45(63-58(74)81-28-44-15-13-12-14-16-44)30-76-24-21-49(73)60-27-35(3)34(2)19-26-78-57-51(62-37(5)65)55(85-43(11)71)53(83-41(9)69)47(87-57)32-80-39(7)67/h12-16,33-35,45-47,50-57H,17-32H2,1-11H3,(H,59,72)(H,60,73)(H,61,64)(H,62,65)(H,63,74)/t33?,34?,35?,45?,46?,47?,50-,51-,52-,53-,54?,55?,56+,57+/m0/s1. The Morgan fingerprint density at radius 3 is 1.40 bits per heavy atom. The number of hydrogen-bond acceptors (Lipinski definition) is 24. The molecule has 5 amide bonds. The maximum absolute atomic E-state index is 13.0. The Balaban J connectivity index is 1.47. The Kier molecular flexibility index (Phi) is 33.8. The number of hydrogen-bond donors (Lipinski definition) is 5. The SMILES string of the molecule is CC(=O)N[C@H]1C(OC(C)=O)[C@@H](OC(C)=O)C(COC(C)=O)O[C@H]1OCCC(C)CCNC(=O)CCOCC(COCCC(=O)NCC(C)C(C)CCO[C@@H]1OC(COC(C)=O)[C@H](OC(C)=O)C(OC(C)=O)[C@@H]1NC(C)=O)NC(=O)OCc1ccccc1. The van der Waals surface area contributed by atoms with E-state index in [9.17, 15) is 52.7 Å². The van der Waals surface area contributed by atoms with Crippen LogP contribution in [0.25, 0.3) is 0 Å². The van der Waals surface area contributed by atoms with Gasteiger partial charge in [0, 0.05) is 81.3 Å². The smallest absolute Gasteiger partial charge is 0.407 e. The zero-order valence-electron chi connectivity index (χ0n) is 51.6. The van der Waals surface area contributed by atoms with Gasteiger partial charge in [-0.1, -0.05) is 51.1 Å². The molecule has 0 bridgehead atoms. The number of ether oxygens (including phenoxy) is 13. The fourth-order valence-corrected chi connectivity index (χ4v) is 9.01. The van der Waals surface area contributed by atoms with Gasteiger partial charge >= 0.3 is 41.9 Å². The van der Waals surface area contributed by atoms with Crippen LogP contribution < -0.4 is 26.6 Å². The molecule has 0 saturated carbocycles. The average Bonchev–Trinajstić information content (AvgIpc) is 1.53. The zero-order chi connectivity index (χ0) is 64.6. The van der Waals surface area contributed by atoms with Gasteiger partial charge in [0.15, 0.2) is 37.0 Å². The predicted octanol–water partition coefficient (Wildman–Crippen LogP) is 1.75. The first kappa shape index (κ1) is 74.2. The minimum Gasteiger partial charge on any atom is -0.463 e. The van der Waals surface area contributed by atoms with Gasteiger partial charge in [-0.05, 0) is 42.6 Å². The van der Waals surface area contributed by atoms with Crippen LogP contribution in [0.1, 0.15) is 114 Å². The van der Waals surface area contributed by atoms with Crippen LogP contribution in [0.2, 0.25) is 0 Å².